The molecule has 5 rings (SSSR count). The van der Waals surface area contributed by atoms with Gasteiger partial charge in [0.25, 0.3) is 0 Å². The van der Waals surface area contributed by atoms with Crippen LogP contribution in [0.4, 0.5) is 27.8 Å². The van der Waals surface area contributed by atoms with Crippen molar-refractivity contribution in [1.29, 1.82) is 0 Å². The van der Waals surface area contributed by atoms with Crippen LogP contribution in [0.1, 0.15) is 26.3 Å². The average Bonchev–Trinajstić information content (AvgIpc) is 2.98. The van der Waals surface area contributed by atoms with Crippen molar-refractivity contribution in [1.82, 2.24) is 9.97 Å². The molecule has 0 fully saturated rings. The van der Waals surface area contributed by atoms with Gasteiger partial charge in [0, 0.05) is 28.7 Å². The molecule has 0 aliphatic heterocycles. The number of carbonyl (C=O) groups excluding carboxylic acids is 1. The van der Waals surface area contributed by atoms with Crippen LogP contribution in [0.15, 0.2) is 96.0 Å². The Kier molecular flexibility index (Phi) is 8.49. The SMILES string of the molecule is COc1c(NC(=O)Nc2ccc(Oc3ccnc(Nc4ccccc4)n3)c3ccccc23)cc(C(C)(C)C)cc1SC. The van der Waals surface area contributed by atoms with E-state index in [1.807, 2.05) is 79.1 Å². The van der Waals surface area contributed by atoms with Gasteiger partial charge in [-0.25, -0.2) is 9.78 Å². The number of nitrogens with zero attached hydrogens (tertiary/aromatic N) is 2. The van der Waals surface area contributed by atoms with Crippen molar-refractivity contribution in [2.75, 3.05) is 29.3 Å². The normalized spacial score (nSPS) is 11.2. The first kappa shape index (κ1) is 28.8. The topological polar surface area (TPSA) is 97.4 Å². The fourth-order valence-electron chi connectivity index (χ4n) is 4.46. The van der Waals surface area contributed by atoms with Gasteiger partial charge in [0.1, 0.15) is 5.75 Å². The van der Waals surface area contributed by atoms with E-state index in [9.17, 15) is 4.79 Å². The molecule has 42 heavy (non-hydrogen) atoms. The quantitative estimate of drug-likeness (QED) is 0.158. The van der Waals surface area contributed by atoms with Crippen molar-refractivity contribution in [3.05, 3.63) is 96.7 Å². The number of aromatic nitrogens is 2. The van der Waals surface area contributed by atoms with Crippen LogP contribution in [0.2, 0.25) is 0 Å². The zero-order valence-electron chi connectivity index (χ0n) is 24.2. The summed E-state index contributed by atoms with van der Waals surface area (Å²) in [4.78, 5) is 23.0. The largest absolute Gasteiger partial charge is 0.493 e. The third-order valence-corrected chi connectivity index (χ3v) is 7.34. The van der Waals surface area contributed by atoms with E-state index < -0.39 is 0 Å². The molecule has 1 heterocycles. The van der Waals surface area contributed by atoms with Gasteiger partial charge in [-0.1, -0.05) is 63.2 Å². The van der Waals surface area contributed by atoms with E-state index in [1.54, 1.807) is 31.1 Å². The fourth-order valence-corrected chi connectivity index (χ4v) is 5.08. The van der Waals surface area contributed by atoms with E-state index in [4.69, 9.17) is 9.47 Å². The highest BCUT2D eigenvalue weighted by Gasteiger charge is 2.21. The Hall–Kier alpha value is -4.76. The third-order valence-electron chi connectivity index (χ3n) is 6.60. The third kappa shape index (κ3) is 6.58. The minimum Gasteiger partial charge on any atom is -0.493 e. The summed E-state index contributed by atoms with van der Waals surface area (Å²) < 4.78 is 11.9. The summed E-state index contributed by atoms with van der Waals surface area (Å²) in [7, 11) is 1.61. The van der Waals surface area contributed by atoms with E-state index >= 15 is 0 Å². The standard InChI is InChI=1S/C33H33N5O3S/c1-33(2,3)21-19-26(30(40-4)28(20-21)42-5)37-32(39)36-25-15-16-27(24-14-10-9-13-23(24)25)41-29-17-18-34-31(38-29)35-22-11-7-6-8-12-22/h6-20H,1-5H3,(H,34,35,38)(H2,36,37,39). The smallest absolute Gasteiger partial charge is 0.323 e. The molecule has 5 aromatic rings. The number of para-hydroxylation sites is 1. The van der Waals surface area contributed by atoms with Gasteiger partial charge in [0.15, 0.2) is 5.75 Å². The van der Waals surface area contributed by atoms with Crippen LogP contribution in [-0.4, -0.2) is 29.4 Å². The van der Waals surface area contributed by atoms with Crippen molar-refractivity contribution in [2.45, 2.75) is 31.1 Å². The summed E-state index contributed by atoms with van der Waals surface area (Å²) >= 11 is 1.58. The van der Waals surface area contributed by atoms with Crippen LogP contribution in [-0.2, 0) is 5.41 Å². The molecule has 0 unspecified atom stereocenters. The molecule has 1 aromatic heterocycles. The highest BCUT2D eigenvalue weighted by atomic mass is 32.2. The summed E-state index contributed by atoms with van der Waals surface area (Å²) in [6.07, 6.45) is 3.63. The summed E-state index contributed by atoms with van der Waals surface area (Å²) in [5.41, 5.74) is 3.13. The minimum absolute atomic E-state index is 0.0995. The summed E-state index contributed by atoms with van der Waals surface area (Å²) in [5.74, 6) is 2.05. The van der Waals surface area contributed by atoms with Crippen LogP contribution in [0.5, 0.6) is 17.4 Å². The molecule has 0 aliphatic carbocycles. The second-order valence-electron chi connectivity index (χ2n) is 10.6. The number of carbonyl (C=O) groups is 1. The van der Waals surface area contributed by atoms with Crippen LogP contribution in [0.3, 0.4) is 0 Å². The number of thioether (sulfide) groups is 1. The number of anilines is 4. The number of hydrogen-bond donors (Lipinski definition) is 3. The molecule has 0 saturated carbocycles. The Morgan fingerprint density at radius 3 is 2.29 bits per heavy atom. The van der Waals surface area contributed by atoms with Gasteiger partial charge in [-0.2, -0.15) is 4.98 Å². The lowest BCUT2D eigenvalue weighted by atomic mass is 9.86. The predicted molar refractivity (Wildman–Crippen MR) is 172 cm³/mol. The number of ether oxygens (including phenoxy) is 2. The first-order chi connectivity index (χ1) is 20.2. The van der Waals surface area contributed by atoms with E-state index in [-0.39, 0.29) is 11.4 Å². The van der Waals surface area contributed by atoms with Crippen LogP contribution < -0.4 is 25.4 Å². The monoisotopic (exact) mass is 579 g/mol. The Balaban J connectivity index is 1.38. The maximum absolute atomic E-state index is 13.3. The van der Waals surface area contributed by atoms with Gasteiger partial charge in [-0.15, -0.1) is 11.8 Å². The molecule has 214 valence electrons. The zero-order valence-corrected chi connectivity index (χ0v) is 25.0. The summed E-state index contributed by atoms with van der Waals surface area (Å²) in [5, 5.41) is 10.8. The Labute approximate surface area is 249 Å². The fraction of sp³-hybridized carbons (Fsp3) is 0.182. The molecule has 2 amide bonds. The van der Waals surface area contributed by atoms with Gasteiger partial charge in [0.05, 0.1) is 23.4 Å². The van der Waals surface area contributed by atoms with E-state index in [2.05, 4.69) is 52.8 Å². The zero-order chi connectivity index (χ0) is 29.7. The van der Waals surface area contributed by atoms with Crippen molar-refractivity contribution < 1.29 is 14.3 Å². The Bertz CT molecular complexity index is 1720. The lowest BCUT2D eigenvalue weighted by Crippen LogP contribution is -2.21. The van der Waals surface area contributed by atoms with Crippen molar-refractivity contribution in [3.8, 4) is 17.4 Å². The number of methoxy groups -OCH3 is 1. The number of benzene rings is 4. The second kappa shape index (κ2) is 12.4. The van der Waals surface area contributed by atoms with Gasteiger partial charge in [-0.05, 0) is 53.6 Å². The van der Waals surface area contributed by atoms with Crippen molar-refractivity contribution >= 4 is 51.6 Å². The van der Waals surface area contributed by atoms with Gasteiger partial charge < -0.3 is 25.4 Å². The van der Waals surface area contributed by atoms with Crippen LogP contribution in [0.25, 0.3) is 10.8 Å². The highest BCUT2D eigenvalue weighted by molar-refractivity contribution is 7.98. The number of amides is 2. The number of nitrogens with one attached hydrogen (secondary N) is 3. The van der Waals surface area contributed by atoms with Gasteiger partial charge in [-0.3, -0.25) is 0 Å². The molecule has 0 spiro atoms. The van der Waals surface area contributed by atoms with Crippen molar-refractivity contribution in [3.63, 3.8) is 0 Å². The van der Waals surface area contributed by atoms with E-state index in [1.165, 1.54) is 0 Å². The van der Waals surface area contributed by atoms with Crippen LogP contribution in [0, 0.1) is 0 Å². The predicted octanol–water partition coefficient (Wildman–Crippen LogP) is 8.84. The first-order valence-corrected chi connectivity index (χ1v) is 14.7. The summed E-state index contributed by atoms with van der Waals surface area (Å²) in [6, 6.07) is 26.4. The Morgan fingerprint density at radius 2 is 1.57 bits per heavy atom. The molecule has 3 N–H and O–H groups in total. The summed E-state index contributed by atoms with van der Waals surface area (Å²) in [6.45, 7) is 6.42. The molecular formula is C33H33N5O3S. The lowest BCUT2D eigenvalue weighted by molar-refractivity contribution is 0.262. The second-order valence-corrected chi connectivity index (χ2v) is 11.4. The molecule has 0 radical (unpaired) electrons. The molecule has 0 atom stereocenters. The molecule has 0 bridgehead atoms. The Morgan fingerprint density at radius 1 is 0.857 bits per heavy atom. The molecule has 8 nitrogen and oxygen atoms in total. The molecule has 9 heteroatoms. The molecule has 0 aliphatic rings. The lowest BCUT2D eigenvalue weighted by Gasteiger charge is -2.23. The highest BCUT2D eigenvalue weighted by Crippen LogP contribution is 2.40. The van der Waals surface area contributed by atoms with Crippen LogP contribution >= 0.6 is 11.8 Å². The van der Waals surface area contributed by atoms with E-state index in [0.717, 1.165) is 26.9 Å². The number of rotatable bonds is 8. The molecular weight excluding hydrogens is 546 g/mol. The number of fused-ring (bicyclic) bond motifs is 1. The first-order valence-electron chi connectivity index (χ1n) is 13.4. The van der Waals surface area contributed by atoms with E-state index in [0.29, 0.717) is 34.7 Å². The number of hydrogen-bond acceptors (Lipinski definition) is 7. The number of urea groups is 1. The van der Waals surface area contributed by atoms with Crippen molar-refractivity contribution in [2.24, 2.45) is 0 Å². The average molecular weight is 580 g/mol. The van der Waals surface area contributed by atoms with Gasteiger partial charge >= 0.3 is 6.03 Å². The molecule has 0 saturated heterocycles. The molecule has 4 aromatic carbocycles. The maximum atomic E-state index is 13.3. The minimum atomic E-state index is -0.377. The maximum Gasteiger partial charge on any atom is 0.323 e. The van der Waals surface area contributed by atoms with Gasteiger partial charge in [0.2, 0.25) is 11.8 Å².